The minimum Gasteiger partial charge on any atom is -0.460 e. The zero-order chi connectivity index (χ0) is 20.1. The molecule has 0 rings (SSSR count). The van der Waals surface area contributed by atoms with Crippen LogP contribution in [0.2, 0.25) is 0 Å². The molecule has 0 aliphatic rings. The van der Waals surface area contributed by atoms with Crippen LogP contribution >= 0.6 is 31.9 Å². The Morgan fingerprint density at radius 3 is 1.35 bits per heavy atom. The average Bonchev–Trinajstić information content (AvgIpc) is 2.52. The van der Waals surface area contributed by atoms with E-state index in [2.05, 4.69) is 44.0 Å². The zero-order valence-electron chi connectivity index (χ0n) is 16.4. The molecule has 0 aromatic carbocycles. The molecule has 6 heteroatoms. The third-order valence-corrected chi connectivity index (χ3v) is 4.06. The monoisotopic (exact) mass is 494 g/mol. The number of esters is 2. The predicted molar refractivity (Wildman–Crippen MR) is 114 cm³/mol. The van der Waals surface area contributed by atoms with Crippen molar-refractivity contribution in [3.05, 3.63) is 24.3 Å². The molecule has 150 valence electrons. The van der Waals surface area contributed by atoms with Crippen molar-refractivity contribution in [3.8, 4) is 0 Å². The molecule has 0 fully saturated rings. The first-order valence-electron chi connectivity index (χ1n) is 9.07. The number of carbonyl (C=O) groups excluding carboxylic acids is 2. The highest BCUT2D eigenvalue weighted by atomic mass is 79.9. The molecular weight excluding hydrogens is 464 g/mol. The number of rotatable bonds is 13. The number of ether oxygens (including phenoxy) is 2. The third kappa shape index (κ3) is 14.5. The van der Waals surface area contributed by atoms with Crippen molar-refractivity contribution < 1.29 is 19.1 Å². The minimum atomic E-state index is -0.624. The van der Waals surface area contributed by atoms with Crippen LogP contribution in [0, 0.1) is 0 Å². The summed E-state index contributed by atoms with van der Waals surface area (Å²) in [5.74, 6) is -0.498. The summed E-state index contributed by atoms with van der Waals surface area (Å²) in [4.78, 5) is 23.0. The van der Waals surface area contributed by atoms with Crippen molar-refractivity contribution in [2.24, 2.45) is 0 Å². The van der Waals surface area contributed by atoms with Crippen LogP contribution in [-0.4, -0.2) is 33.8 Å². The molecule has 26 heavy (non-hydrogen) atoms. The lowest BCUT2D eigenvalue weighted by molar-refractivity contribution is -0.144. The molecule has 0 atom stereocenters. The van der Waals surface area contributed by atoms with Gasteiger partial charge in [0.2, 0.25) is 0 Å². The quantitative estimate of drug-likeness (QED) is 0.139. The number of unbranched alkanes of at least 4 members (excludes halogenated alkanes) is 5. The number of hydrogen-bond donors (Lipinski definition) is 0. The Kier molecular flexibility index (Phi) is 13.2. The van der Waals surface area contributed by atoms with Crippen LogP contribution in [0.1, 0.15) is 66.2 Å². The molecular formula is C20H32Br2O4. The Bertz CT molecular complexity index is 427. The molecule has 0 saturated heterocycles. The summed E-state index contributed by atoms with van der Waals surface area (Å²) in [5, 5.41) is 0. The normalized spacial score (nSPS) is 12.7. The summed E-state index contributed by atoms with van der Waals surface area (Å²) < 4.78 is 8.99. The summed E-state index contributed by atoms with van der Waals surface area (Å²) in [7, 11) is 0. The van der Waals surface area contributed by atoms with E-state index in [-0.39, 0.29) is 11.9 Å². The van der Waals surface area contributed by atoms with Crippen LogP contribution < -0.4 is 0 Å². The molecule has 4 nitrogen and oxygen atoms in total. The van der Waals surface area contributed by atoms with Gasteiger partial charge in [-0.25, -0.2) is 0 Å². The highest BCUT2D eigenvalue weighted by Crippen LogP contribution is 2.18. The van der Waals surface area contributed by atoms with Gasteiger partial charge in [0.15, 0.2) is 0 Å². The molecule has 0 unspecified atom stereocenters. The number of hydrogen-bond acceptors (Lipinski definition) is 4. The van der Waals surface area contributed by atoms with Crippen LogP contribution in [0.4, 0.5) is 0 Å². The molecule has 0 bridgehead atoms. The van der Waals surface area contributed by atoms with Gasteiger partial charge in [-0.15, -0.1) is 0 Å². The smallest absolute Gasteiger partial charge is 0.322 e. The highest BCUT2D eigenvalue weighted by molar-refractivity contribution is 9.10. The van der Waals surface area contributed by atoms with Gasteiger partial charge in [0.25, 0.3) is 0 Å². The summed E-state index contributed by atoms with van der Waals surface area (Å²) in [6.07, 6.45) is 14.6. The third-order valence-electron chi connectivity index (χ3n) is 3.42. The van der Waals surface area contributed by atoms with Crippen molar-refractivity contribution in [1.82, 2.24) is 0 Å². The molecule has 0 aliphatic heterocycles. The van der Waals surface area contributed by atoms with E-state index in [1.165, 1.54) is 12.8 Å². The largest absolute Gasteiger partial charge is 0.460 e. The summed E-state index contributed by atoms with van der Waals surface area (Å²) >= 11 is 6.54. The molecule has 0 aromatic heterocycles. The van der Waals surface area contributed by atoms with Crippen molar-refractivity contribution in [2.75, 3.05) is 13.2 Å². The van der Waals surface area contributed by atoms with Crippen LogP contribution in [0.15, 0.2) is 24.3 Å². The van der Waals surface area contributed by atoms with Gasteiger partial charge in [0.1, 0.15) is 21.9 Å². The van der Waals surface area contributed by atoms with Crippen molar-refractivity contribution in [2.45, 2.75) is 74.9 Å². The number of alkyl halides is 2. The van der Waals surface area contributed by atoms with E-state index in [4.69, 9.17) is 9.47 Å². The molecule has 0 amide bonds. The molecule has 0 N–H and O–H groups in total. The number of allylic oxidation sites excluding steroid dienone is 2. The van der Waals surface area contributed by atoms with E-state index in [1.54, 1.807) is 27.7 Å². The molecule has 0 radical (unpaired) electrons. The van der Waals surface area contributed by atoms with Gasteiger partial charge >= 0.3 is 11.9 Å². The molecule has 0 aliphatic carbocycles. The molecule has 0 spiro atoms. The van der Waals surface area contributed by atoms with Crippen LogP contribution in [0.5, 0.6) is 0 Å². The zero-order valence-corrected chi connectivity index (χ0v) is 19.5. The Morgan fingerprint density at radius 1 is 0.692 bits per heavy atom. The van der Waals surface area contributed by atoms with E-state index in [9.17, 15) is 9.59 Å². The average molecular weight is 496 g/mol. The molecule has 0 heterocycles. The highest BCUT2D eigenvalue weighted by Gasteiger charge is 2.25. The fourth-order valence-corrected chi connectivity index (χ4v) is 2.07. The molecule has 0 aromatic rings. The maximum absolute atomic E-state index is 11.5. The van der Waals surface area contributed by atoms with Crippen LogP contribution in [-0.2, 0) is 19.1 Å². The van der Waals surface area contributed by atoms with Crippen molar-refractivity contribution >= 4 is 43.8 Å². The van der Waals surface area contributed by atoms with Gasteiger partial charge in [0, 0.05) is 0 Å². The second-order valence-corrected chi connectivity index (χ2v) is 11.0. The predicted octanol–water partition coefficient (Wildman–Crippen LogP) is 5.87. The van der Waals surface area contributed by atoms with Crippen LogP contribution in [0.25, 0.3) is 0 Å². The maximum atomic E-state index is 11.5. The second-order valence-electron chi connectivity index (χ2n) is 7.08. The Hall–Kier alpha value is -0.620. The van der Waals surface area contributed by atoms with E-state index in [1.807, 2.05) is 12.2 Å². The summed E-state index contributed by atoms with van der Waals surface area (Å²) in [6.45, 7) is 7.73. The lowest BCUT2D eigenvalue weighted by atomic mass is 10.1. The van der Waals surface area contributed by atoms with Gasteiger partial charge in [-0.2, -0.15) is 0 Å². The fourth-order valence-electron chi connectivity index (χ4n) is 1.84. The van der Waals surface area contributed by atoms with E-state index >= 15 is 0 Å². The number of carbonyl (C=O) groups is 2. The fraction of sp³-hybridized carbons (Fsp3) is 0.700. The maximum Gasteiger partial charge on any atom is 0.322 e. The van der Waals surface area contributed by atoms with Gasteiger partial charge in [-0.05, 0) is 53.4 Å². The topological polar surface area (TPSA) is 52.6 Å². The van der Waals surface area contributed by atoms with Gasteiger partial charge in [0.05, 0.1) is 0 Å². The van der Waals surface area contributed by atoms with Gasteiger partial charge in [-0.3, -0.25) is 9.59 Å². The lowest BCUT2D eigenvalue weighted by Gasteiger charge is -2.13. The second kappa shape index (κ2) is 13.5. The Labute approximate surface area is 175 Å². The summed E-state index contributed by atoms with van der Waals surface area (Å²) in [5.41, 5.74) is 0. The molecule has 0 saturated carbocycles. The Morgan fingerprint density at radius 2 is 1.04 bits per heavy atom. The van der Waals surface area contributed by atoms with Crippen LogP contribution in [0.3, 0.4) is 0 Å². The number of halogens is 2. The van der Waals surface area contributed by atoms with Gasteiger partial charge < -0.3 is 9.47 Å². The Balaban J connectivity index is 3.49. The summed E-state index contributed by atoms with van der Waals surface area (Å²) in [6, 6.07) is 0. The van der Waals surface area contributed by atoms with Crippen molar-refractivity contribution in [1.29, 1.82) is 0 Å². The van der Waals surface area contributed by atoms with Gasteiger partial charge in [-0.1, -0.05) is 69.0 Å². The standard InChI is InChI=1S/C20H32Br2O4/c1-19(2,21)17(23)25-15-13-11-9-7-5-6-8-10-12-14-16-26-18(24)20(3,4)22/h11-14H,5-10,15-16H2,1-4H3. The first kappa shape index (κ1) is 25.4. The van der Waals surface area contributed by atoms with E-state index < -0.39 is 8.65 Å². The van der Waals surface area contributed by atoms with E-state index in [0.717, 1.165) is 25.7 Å². The SMILES string of the molecule is CC(C)(Br)C(=O)OCC=CCCCCCCC=CCOC(=O)C(C)(C)Br. The van der Waals surface area contributed by atoms with Crippen molar-refractivity contribution in [3.63, 3.8) is 0 Å². The lowest BCUT2D eigenvalue weighted by Crippen LogP contribution is -2.26. The first-order chi connectivity index (χ1) is 12.0. The first-order valence-corrected chi connectivity index (χ1v) is 10.7. The van der Waals surface area contributed by atoms with E-state index in [0.29, 0.717) is 13.2 Å². The minimum absolute atomic E-state index is 0.249.